The average molecular weight is 284 g/mol. The van der Waals surface area contributed by atoms with E-state index >= 15 is 0 Å². The van der Waals surface area contributed by atoms with Gasteiger partial charge in [0.1, 0.15) is 17.6 Å². The SMILES string of the molecule is Cc1c(O)c(O)cc2c(=O)c(-c3ccc(O)cc3)coc12. The van der Waals surface area contributed by atoms with Crippen LogP contribution in [0, 0.1) is 6.92 Å². The summed E-state index contributed by atoms with van der Waals surface area (Å²) in [7, 11) is 0. The van der Waals surface area contributed by atoms with Crippen LogP contribution in [0.15, 0.2) is 45.8 Å². The van der Waals surface area contributed by atoms with Gasteiger partial charge in [0.15, 0.2) is 11.5 Å². The second kappa shape index (κ2) is 4.56. The lowest BCUT2D eigenvalue weighted by atomic mass is 10.0. The quantitative estimate of drug-likeness (QED) is 0.598. The van der Waals surface area contributed by atoms with Crippen LogP contribution in [0.3, 0.4) is 0 Å². The molecule has 1 heterocycles. The molecule has 3 rings (SSSR count). The van der Waals surface area contributed by atoms with Crippen molar-refractivity contribution < 1.29 is 19.7 Å². The van der Waals surface area contributed by atoms with Crippen molar-refractivity contribution in [2.75, 3.05) is 0 Å². The first-order valence-corrected chi connectivity index (χ1v) is 6.25. The first kappa shape index (κ1) is 13.1. The van der Waals surface area contributed by atoms with Gasteiger partial charge in [0.05, 0.1) is 10.9 Å². The molecule has 3 N–H and O–H groups in total. The van der Waals surface area contributed by atoms with Crippen LogP contribution < -0.4 is 5.43 Å². The molecule has 2 aromatic carbocycles. The Bertz CT molecular complexity index is 891. The molecule has 0 saturated heterocycles. The first-order chi connectivity index (χ1) is 9.99. The van der Waals surface area contributed by atoms with Crippen molar-refractivity contribution in [3.05, 3.63) is 52.4 Å². The Labute approximate surface area is 119 Å². The minimum Gasteiger partial charge on any atom is -0.508 e. The number of phenolic OH excluding ortho intramolecular Hbond substituents is 3. The maximum Gasteiger partial charge on any atom is 0.200 e. The predicted molar refractivity (Wildman–Crippen MR) is 77.7 cm³/mol. The molecule has 5 nitrogen and oxygen atoms in total. The summed E-state index contributed by atoms with van der Waals surface area (Å²) >= 11 is 0. The number of benzene rings is 2. The fourth-order valence-electron chi connectivity index (χ4n) is 2.25. The Morgan fingerprint density at radius 3 is 2.38 bits per heavy atom. The normalized spacial score (nSPS) is 10.9. The molecule has 0 atom stereocenters. The van der Waals surface area contributed by atoms with Crippen LogP contribution in [0.4, 0.5) is 0 Å². The standard InChI is InChI=1S/C16H12O5/c1-8-14(19)13(18)6-11-15(20)12(7-21-16(8)11)9-2-4-10(17)5-3-9/h2-7,17-19H,1H3. The molecule has 106 valence electrons. The van der Waals surface area contributed by atoms with E-state index in [2.05, 4.69) is 0 Å². The minimum atomic E-state index is -0.366. The Morgan fingerprint density at radius 2 is 1.71 bits per heavy atom. The molecule has 0 fully saturated rings. The fraction of sp³-hybridized carbons (Fsp3) is 0.0625. The smallest absolute Gasteiger partial charge is 0.200 e. The molecule has 0 aliphatic carbocycles. The zero-order chi connectivity index (χ0) is 15.1. The van der Waals surface area contributed by atoms with Gasteiger partial charge in [-0.05, 0) is 30.7 Å². The van der Waals surface area contributed by atoms with Gasteiger partial charge in [-0.25, -0.2) is 0 Å². The number of fused-ring (bicyclic) bond motifs is 1. The number of rotatable bonds is 1. The Hall–Kier alpha value is -2.95. The van der Waals surface area contributed by atoms with Gasteiger partial charge in [-0.2, -0.15) is 0 Å². The van der Waals surface area contributed by atoms with Crippen molar-refractivity contribution in [2.45, 2.75) is 6.92 Å². The molecule has 0 aliphatic heterocycles. The lowest BCUT2D eigenvalue weighted by molar-refractivity contribution is 0.401. The minimum absolute atomic E-state index is 0.0994. The zero-order valence-corrected chi connectivity index (χ0v) is 11.1. The Morgan fingerprint density at radius 1 is 1.05 bits per heavy atom. The second-order valence-electron chi connectivity index (χ2n) is 4.77. The maximum atomic E-state index is 12.5. The molecule has 0 spiro atoms. The van der Waals surface area contributed by atoms with Crippen molar-refractivity contribution in [1.29, 1.82) is 0 Å². The van der Waals surface area contributed by atoms with E-state index in [4.69, 9.17) is 4.42 Å². The fourth-order valence-corrected chi connectivity index (χ4v) is 2.25. The molecule has 1 aromatic heterocycles. The van der Waals surface area contributed by atoms with E-state index in [1.807, 2.05) is 0 Å². The zero-order valence-electron chi connectivity index (χ0n) is 11.1. The Balaban J connectivity index is 2.33. The molecular weight excluding hydrogens is 272 g/mol. The third-order valence-electron chi connectivity index (χ3n) is 3.43. The van der Waals surface area contributed by atoms with Crippen LogP contribution in [-0.2, 0) is 0 Å². The lowest BCUT2D eigenvalue weighted by Gasteiger charge is -2.07. The molecule has 0 radical (unpaired) electrons. The van der Waals surface area contributed by atoms with E-state index in [9.17, 15) is 20.1 Å². The molecule has 21 heavy (non-hydrogen) atoms. The summed E-state index contributed by atoms with van der Waals surface area (Å²) in [5.74, 6) is -0.569. The molecular formula is C16H12O5. The van der Waals surface area contributed by atoms with Gasteiger partial charge in [0.25, 0.3) is 0 Å². The highest BCUT2D eigenvalue weighted by atomic mass is 16.3. The highest BCUT2D eigenvalue weighted by molar-refractivity contribution is 5.87. The number of aryl methyl sites for hydroxylation is 1. The first-order valence-electron chi connectivity index (χ1n) is 6.25. The topological polar surface area (TPSA) is 90.9 Å². The van der Waals surface area contributed by atoms with Crippen molar-refractivity contribution in [3.63, 3.8) is 0 Å². The molecule has 3 aromatic rings. The van der Waals surface area contributed by atoms with E-state index < -0.39 is 0 Å². The van der Waals surface area contributed by atoms with Crippen LogP contribution in [0.25, 0.3) is 22.1 Å². The van der Waals surface area contributed by atoms with Crippen LogP contribution in [-0.4, -0.2) is 15.3 Å². The van der Waals surface area contributed by atoms with Crippen LogP contribution in [0.5, 0.6) is 17.2 Å². The molecule has 5 heteroatoms. The lowest BCUT2D eigenvalue weighted by Crippen LogP contribution is -2.05. The molecule has 0 aliphatic rings. The highest BCUT2D eigenvalue weighted by Crippen LogP contribution is 2.34. The summed E-state index contributed by atoms with van der Waals surface area (Å²) in [6, 6.07) is 7.32. The highest BCUT2D eigenvalue weighted by Gasteiger charge is 2.15. The molecule has 0 saturated carbocycles. The van der Waals surface area contributed by atoms with Gasteiger partial charge in [-0.15, -0.1) is 0 Å². The van der Waals surface area contributed by atoms with E-state index in [1.165, 1.54) is 24.5 Å². The van der Waals surface area contributed by atoms with Gasteiger partial charge in [-0.1, -0.05) is 12.1 Å². The maximum absolute atomic E-state index is 12.5. The van der Waals surface area contributed by atoms with Crippen molar-refractivity contribution in [2.24, 2.45) is 0 Å². The van der Waals surface area contributed by atoms with E-state index in [0.29, 0.717) is 16.7 Å². The summed E-state index contributed by atoms with van der Waals surface area (Å²) in [6.45, 7) is 1.56. The van der Waals surface area contributed by atoms with Gasteiger partial charge >= 0.3 is 0 Å². The van der Waals surface area contributed by atoms with Gasteiger partial charge in [0, 0.05) is 5.56 Å². The van der Waals surface area contributed by atoms with Gasteiger partial charge in [0.2, 0.25) is 5.43 Å². The summed E-state index contributed by atoms with van der Waals surface area (Å²) in [6.07, 6.45) is 1.31. The summed E-state index contributed by atoms with van der Waals surface area (Å²) in [5, 5.41) is 28.8. The van der Waals surface area contributed by atoms with Crippen molar-refractivity contribution >= 4 is 11.0 Å². The largest absolute Gasteiger partial charge is 0.508 e. The molecule has 0 amide bonds. The summed E-state index contributed by atoms with van der Waals surface area (Å²) in [4.78, 5) is 12.5. The monoisotopic (exact) mass is 284 g/mol. The van der Waals surface area contributed by atoms with Crippen molar-refractivity contribution in [3.8, 4) is 28.4 Å². The van der Waals surface area contributed by atoms with Crippen LogP contribution >= 0.6 is 0 Å². The number of hydrogen-bond acceptors (Lipinski definition) is 5. The van der Waals surface area contributed by atoms with Crippen LogP contribution in [0.1, 0.15) is 5.56 Å². The predicted octanol–water partition coefficient (Wildman–Crippen LogP) is 2.89. The Kier molecular flexibility index (Phi) is 2.83. The van der Waals surface area contributed by atoms with E-state index in [-0.39, 0.29) is 33.6 Å². The van der Waals surface area contributed by atoms with Gasteiger partial charge in [-0.3, -0.25) is 4.79 Å². The number of aromatic hydroxyl groups is 3. The number of hydrogen-bond donors (Lipinski definition) is 3. The average Bonchev–Trinajstić information content (AvgIpc) is 2.47. The second-order valence-corrected chi connectivity index (χ2v) is 4.77. The third kappa shape index (κ3) is 1.99. The van der Waals surface area contributed by atoms with E-state index in [0.717, 1.165) is 0 Å². The number of phenols is 3. The van der Waals surface area contributed by atoms with Crippen molar-refractivity contribution in [1.82, 2.24) is 0 Å². The summed E-state index contributed by atoms with van der Waals surface area (Å²) < 4.78 is 5.44. The van der Waals surface area contributed by atoms with Crippen LogP contribution in [0.2, 0.25) is 0 Å². The molecule has 0 bridgehead atoms. The van der Waals surface area contributed by atoms with E-state index in [1.54, 1.807) is 19.1 Å². The summed E-state index contributed by atoms with van der Waals surface area (Å²) in [5.41, 5.74) is 1.12. The van der Waals surface area contributed by atoms with Gasteiger partial charge < -0.3 is 19.7 Å². The third-order valence-corrected chi connectivity index (χ3v) is 3.43. The molecule has 0 unspecified atom stereocenters.